The Morgan fingerprint density at radius 3 is 2.71 bits per heavy atom. The lowest BCUT2D eigenvalue weighted by Crippen LogP contribution is -2.13. The van der Waals surface area contributed by atoms with E-state index < -0.39 is 0 Å². The van der Waals surface area contributed by atoms with Crippen LogP contribution in [0.25, 0.3) is 0 Å². The van der Waals surface area contributed by atoms with Gasteiger partial charge in [0.1, 0.15) is 0 Å². The standard InChI is InChI=1S/C10H19N3S/c1-4-5-9-10(14-13-12-9)8(11)6-7(2)3/h7-8H,4-6,11H2,1-3H3. The smallest absolute Gasteiger partial charge is 0.0803 e. The first-order valence-corrected chi connectivity index (χ1v) is 5.99. The largest absolute Gasteiger partial charge is 0.323 e. The van der Waals surface area contributed by atoms with Crippen molar-refractivity contribution in [3.8, 4) is 0 Å². The summed E-state index contributed by atoms with van der Waals surface area (Å²) in [4.78, 5) is 1.18. The number of hydrogen-bond acceptors (Lipinski definition) is 4. The quantitative estimate of drug-likeness (QED) is 0.817. The van der Waals surface area contributed by atoms with Gasteiger partial charge in [0.25, 0.3) is 0 Å². The van der Waals surface area contributed by atoms with Crippen LogP contribution in [0.5, 0.6) is 0 Å². The molecule has 0 bridgehead atoms. The highest BCUT2D eigenvalue weighted by atomic mass is 32.1. The Hall–Kier alpha value is -0.480. The Kier molecular flexibility index (Phi) is 4.48. The van der Waals surface area contributed by atoms with E-state index in [1.807, 2.05) is 0 Å². The Balaban J connectivity index is 2.68. The molecule has 80 valence electrons. The van der Waals surface area contributed by atoms with Gasteiger partial charge in [-0.2, -0.15) is 0 Å². The zero-order valence-electron chi connectivity index (χ0n) is 9.16. The van der Waals surface area contributed by atoms with Crippen molar-refractivity contribution in [1.82, 2.24) is 9.59 Å². The van der Waals surface area contributed by atoms with Gasteiger partial charge in [0.05, 0.1) is 10.6 Å². The summed E-state index contributed by atoms with van der Waals surface area (Å²) in [5.74, 6) is 0.626. The first-order valence-electron chi connectivity index (χ1n) is 5.21. The predicted octanol–water partition coefficient (Wildman–Crippen LogP) is 2.54. The molecule has 3 nitrogen and oxygen atoms in total. The predicted molar refractivity (Wildman–Crippen MR) is 60.3 cm³/mol. The third-order valence-corrected chi connectivity index (χ3v) is 3.03. The summed E-state index contributed by atoms with van der Waals surface area (Å²) in [5.41, 5.74) is 7.20. The topological polar surface area (TPSA) is 51.8 Å². The zero-order valence-corrected chi connectivity index (χ0v) is 9.97. The van der Waals surface area contributed by atoms with Crippen molar-refractivity contribution in [2.45, 2.75) is 46.1 Å². The SMILES string of the molecule is CCCc1nnsc1C(N)CC(C)C. The van der Waals surface area contributed by atoms with Gasteiger partial charge in [0.2, 0.25) is 0 Å². The van der Waals surface area contributed by atoms with Crippen LogP contribution in [0.1, 0.15) is 50.2 Å². The minimum atomic E-state index is 0.122. The summed E-state index contributed by atoms with van der Waals surface area (Å²) in [6.07, 6.45) is 3.12. The second-order valence-electron chi connectivity index (χ2n) is 4.07. The Labute approximate surface area is 89.9 Å². The molecular formula is C10H19N3S. The molecule has 4 heteroatoms. The van der Waals surface area contributed by atoms with Gasteiger partial charge in [-0.1, -0.05) is 31.7 Å². The molecule has 1 atom stereocenters. The Morgan fingerprint density at radius 1 is 1.43 bits per heavy atom. The Morgan fingerprint density at radius 2 is 2.14 bits per heavy atom. The van der Waals surface area contributed by atoms with E-state index >= 15 is 0 Å². The molecule has 0 aliphatic rings. The van der Waals surface area contributed by atoms with Crippen LogP contribution in [-0.2, 0) is 6.42 Å². The molecule has 1 aromatic heterocycles. The second kappa shape index (κ2) is 5.41. The number of hydrogen-bond donors (Lipinski definition) is 1. The average Bonchev–Trinajstić information content (AvgIpc) is 2.51. The third kappa shape index (κ3) is 3.03. The first kappa shape index (κ1) is 11.6. The van der Waals surface area contributed by atoms with Gasteiger partial charge in [-0.05, 0) is 30.3 Å². The van der Waals surface area contributed by atoms with Gasteiger partial charge < -0.3 is 5.73 Å². The van der Waals surface area contributed by atoms with Gasteiger partial charge in [-0.15, -0.1) is 5.10 Å². The van der Waals surface area contributed by atoms with E-state index in [4.69, 9.17) is 5.73 Å². The van der Waals surface area contributed by atoms with Crippen LogP contribution in [0.4, 0.5) is 0 Å². The highest BCUT2D eigenvalue weighted by Crippen LogP contribution is 2.24. The van der Waals surface area contributed by atoms with Crippen molar-refractivity contribution in [3.05, 3.63) is 10.6 Å². The molecule has 1 aromatic rings. The summed E-state index contributed by atoms with van der Waals surface area (Å²) in [6, 6.07) is 0.122. The summed E-state index contributed by atoms with van der Waals surface area (Å²) < 4.78 is 3.98. The molecule has 0 saturated carbocycles. The van der Waals surface area contributed by atoms with Crippen molar-refractivity contribution >= 4 is 11.5 Å². The highest BCUT2D eigenvalue weighted by Gasteiger charge is 2.15. The van der Waals surface area contributed by atoms with Gasteiger partial charge in [0.15, 0.2) is 0 Å². The van der Waals surface area contributed by atoms with E-state index in [9.17, 15) is 0 Å². The van der Waals surface area contributed by atoms with Crippen molar-refractivity contribution in [2.24, 2.45) is 11.7 Å². The molecule has 0 radical (unpaired) electrons. The lowest BCUT2D eigenvalue weighted by molar-refractivity contribution is 0.511. The monoisotopic (exact) mass is 213 g/mol. The fourth-order valence-electron chi connectivity index (χ4n) is 1.52. The van der Waals surface area contributed by atoms with Crippen LogP contribution in [-0.4, -0.2) is 9.59 Å². The average molecular weight is 213 g/mol. The molecule has 14 heavy (non-hydrogen) atoms. The zero-order chi connectivity index (χ0) is 10.6. The lowest BCUT2D eigenvalue weighted by Gasteiger charge is -2.12. The van der Waals surface area contributed by atoms with E-state index in [-0.39, 0.29) is 6.04 Å². The molecule has 0 fully saturated rings. The van der Waals surface area contributed by atoms with Crippen molar-refractivity contribution in [1.29, 1.82) is 0 Å². The van der Waals surface area contributed by atoms with E-state index in [0.29, 0.717) is 5.92 Å². The van der Waals surface area contributed by atoms with Crippen LogP contribution in [0, 0.1) is 5.92 Å². The fraction of sp³-hybridized carbons (Fsp3) is 0.800. The number of nitrogens with two attached hydrogens (primary N) is 1. The maximum atomic E-state index is 6.10. The van der Waals surface area contributed by atoms with E-state index in [0.717, 1.165) is 25.0 Å². The second-order valence-corrected chi connectivity index (χ2v) is 4.86. The van der Waals surface area contributed by atoms with Crippen LogP contribution in [0.2, 0.25) is 0 Å². The first-order chi connectivity index (χ1) is 6.65. The molecule has 1 rings (SSSR count). The van der Waals surface area contributed by atoms with Crippen LogP contribution in [0.15, 0.2) is 0 Å². The van der Waals surface area contributed by atoms with E-state index in [1.165, 1.54) is 16.4 Å². The highest BCUT2D eigenvalue weighted by molar-refractivity contribution is 7.05. The van der Waals surface area contributed by atoms with Crippen LogP contribution >= 0.6 is 11.5 Å². The molecule has 0 aliphatic heterocycles. The van der Waals surface area contributed by atoms with Gasteiger partial charge in [-0.25, -0.2) is 0 Å². The molecular weight excluding hydrogens is 194 g/mol. The van der Waals surface area contributed by atoms with Gasteiger partial charge >= 0.3 is 0 Å². The number of aryl methyl sites for hydroxylation is 1. The van der Waals surface area contributed by atoms with Crippen LogP contribution in [0.3, 0.4) is 0 Å². The molecule has 0 spiro atoms. The third-order valence-electron chi connectivity index (χ3n) is 2.13. The minimum Gasteiger partial charge on any atom is -0.323 e. The number of rotatable bonds is 5. The van der Waals surface area contributed by atoms with Gasteiger partial charge in [0, 0.05) is 6.04 Å². The summed E-state index contributed by atoms with van der Waals surface area (Å²) in [6.45, 7) is 6.53. The lowest BCUT2D eigenvalue weighted by atomic mass is 10.0. The van der Waals surface area contributed by atoms with E-state index in [2.05, 4.69) is 30.4 Å². The fourth-order valence-corrected chi connectivity index (χ4v) is 2.23. The number of nitrogens with zero attached hydrogens (tertiary/aromatic N) is 2. The molecule has 1 heterocycles. The number of aromatic nitrogens is 2. The molecule has 0 amide bonds. The van der Waals surface area contributed by atoms with Crippen LogP contribution < -0.4 is 5.73 Å². The summed E-state index contributed by atoms with van der Waals surface area (Å²) in [7, 11) is 0. The normalized spacial score (nSPS) is 13.5. The van der Waals surface area contributed by atoms with Crippen molar-refractivity contribution in [3.63, 3.8) is 0 Å². The molecule has 1 unspecified atom stereocenters. The molecule has 0 aliphatic carbocycles. The Bertz CT molecular complexity index is 270. The minimum absolute atomic E-state index is 0.122. The van der Waals surface area contributed by atoms with Crippen molar-refractivity contribution < 1.29 is 0 Å². The van der Waals surface area contributed by atoms with E-state index in [1.54, 1.807) is 0 Å². The van der Waals surface area contributed by atoms with Gasteiger partial charge in [-0.3, -0.25) is 0 Å². The molecule has 0 aromatic carbocycles. The molecule has 0 saturated heterocycles. The molecule has 2 N–H and O–H groups in total. The maximum absolute atomic E-state index is 6.10. The summed E-state index contributed by atoms with van der Waals surface area (Å²) >= 11 is 1.45. The summed E-state index contributed by atoms with van der Waals surface area (Å²) in [5, 5.41) is 4.12. The van der Waals surface area contributed by atoms with Crippen molar-refractivity contribution in [2.75, 3.05) is 0 Å². The maximum Gasteiger partial charge on any atom is 0.0803 e.